The molecule has 1 fully saturated rings. The van der Waals surface area contributed by atoms with E-state index >= 15 is 0 Å². The maximum atomic E-state index is 11.7. The van der Waals surface area contributed by atoms with E-state index in [9.17, 15) is 14.7 Å². The number of aliphatic carboxylic acids is 1. The van der Waals surface area contributed by atoms with Crippen LogP contribution in [0.1, 0.15) is 24.9 Å². The number of carbonyl (C=O) groups excluding carboxylic acids is 2. The topological polar surface area (TPSA) is 60.4 Å². The fourth-order valence-electron chi connectivity index (χ4n) is 2.18. The number of hydrogen-bond acceptors (Lipinski definition) is 3. The highest BCUT2D eigenvalue weighted by molar-refractivity contribution is 5.85. The second-order valence-corrected chi connectivity index (χ2v) is 4.35. The molecule has 0 spiro atoms. The minimum absolute atomic E-state index is 0.0551. The molecule has 4 heteroatoms. The van der Waals surface area contributed by atoms with Gasteiger partial charge in [-0.3, -0.25) is 4.79 Å². The van der Waals surface area contributed by atoms with Crippen molar-refractivity contribution in [2.45, 2.75) is 19.4 Å². The first-order chi connectivity index (χ1) is 8.09. The average Bonchev–Trinajstić information content (AvgIpc) is 2.72. The van der Waals surface area contributed by atoms with Crippen LogP contribution in [0, 0.1) is 5.92 Å². The molecule has 17 heavy (non-hydrogen) atoms. The molecule has 0 radical (unpaired) electrons. The van der Waals surface area contributed by atoms with Crippen molar-refractivity contribution in [3.63, 3.8) is 0 Å². The van der Waals surface area contributed by atoms with Crippen molar-refractivity contribution in [2.24, 2.45) is 5.92 Å². The molecule has 1 aromatic rings. The third-order valence-corrected chi connectivity index (χ3v) is 3.24. The van der Waals surface area contributed by atoms with Crippen molar-refractivity contribution in [1.29, 1.82) is 0 Å². The maximum absolute atomic E-state index is 11.7. The van der Waals surface area contributed by atoms with Crippen LogP contribution in [0.2, 0.25) is 0 Å². The van der Waals surface area contributed by atoms with Crippen LogP contribution in [0.5, 0.6) is 0 Å². The Morgan fingerprint density at radius 3 is 2.59 bits per heavy atom. The number of benzene rings is 1. The summed E-state index contributed by atoms with van der Waals surface area (Å²) < 4.78 is 0. The van der Waals surface area contributed by atoms with Gasteiger partial charge in [-0.05, 0) is 12.5 Å². The molecule has 1 aromatic carbocycles. The number of carboxylic acid groups (broad SMARTS) is 1. The zero-order valence-corrected chi connectivity index (χ0v) is 9.63. The molecule has 1 amide bonds. The molecule has 1 aliphatic heterocycles. The van der Waals surface area contributed by atoms with Crippen molar-refractivity contribution in [2.75, 3.05) is 6.54 Å². The van der Waals surface area contributed by atoms with Gasteiger partial charge in [0.2, 0.25) is 5.91 Å². The molecule has 2 unspecified atom stereocenters. The van der Waals surface area contributed by atoms with E-state index in [4.69, 9.17) is 0 Å². The van der Waals surface area contributed by atoms with Crippen LogP contribution in [0.3, 0.4) is 0 Å². The Hall–Kier alpha value is -1.84. The lowest BCUT2D eigenvalue weighted by Gasteiger charge is -2.25. The van der Waals surface area contributed by atoms with Gasteiger partial charge >= 0.3 is 0 Å². The molecule has 0 N–H and O–H groups in total. The van der Waals surface area contributed by atoms with E-state index in [-0.39, 0.29) is 24.9 Å². The molecule has 1 aliphatic rings. The van der Waals surface area contributed by atoms with Crippen LogP contribution >= 0.6 is 0 Å². The minimum Gasteiger partial charge on any atom is -0.550 e. The highest BCUT2D eigenvalue weighted by Gasteiger charge is 2.33. The van der Waals surface area contributed by atoms with Crippen LogP contribution in [-0.2, 0) is 9.59 Å². The monoisotopic (exact) mass is 232 g/mol. The van der Waals surface area contributed by atoms with Gasteiger partial charge in [-0.15, -0.1) is 0 Å². The van der Waals surface area contributed by atoms with E-state index in [0.717, 1.165) is 5.56 Å². The van der Waals surface area contributed by atoms with Gasteiger partial charge in [0.25, 0.3) is 0 Å². The molecule has 0 aliphatic carbocycles. The van der Waals surface area contributed by atoms with Gasteiger partial charge in [-0.1, -0.05) is 30.3 Å². The van der Waals surface area contributed by atoms with E-state index in [1.54, 1.807) is 4.90 Å². The smallest absolute Gasteiger partial charge is 0.223 e. The van der Waals surface area contributed by atoms with E-state index in [1.807, 2.05) is 37.3 Å². The summed E-state index contributed by atoms with van der Waals surface area (Å²) in [5, 5.41) is 10.8. The van der Waals surface area contributed by atoms with Gasteiger partial charge in [-0.25, -0.2) is 0 Å². The number of amides is 1. The van der Waals surface area contributed by atoms with E-state index < -0.39 is 11.9 Å². The first-order valence-corrected chi connectivity index (χ1v) is 5.65. The number of likely N-dealkylation sites (tertiary alicyclic amines) is 1. The third-order valence-electron chi connectivity index (χ3n) is 3.24. The fraction of sp³-hybridized carbons (Fsp3) is 0.385. The van der Waals surface area contributed by atoms with Crippen molar-refractivity contribution in [1.82, 2.24) is 4.90 Å². The Labute approximate surface area is 99.9 Å². The molecule has 0 saturated carbocycles. The van der Waals surface area contributed by atoms with Crippen LogP contribution in [-0.4, -0.2) is 23.3 Å². The maximum Gasteiger partial charge on any atom is 0.223 e. The highest BCUT2D eigenvalue weighted by Crippen LogP contribution is 2.27. The van der Waals surface area contributed by atoms with Crippen LogP contribution < -0.4 is 5.11 Å². The van der Waals surface area contributed by atoms with Crippen molar-refractivity contribution >= 4 is 11.9 Å². The van der Waals surface area contributed by atoms with Gasteiger partial charge < -0.3 is 14.8 Å². The lowest BCUT2D eigenvalue weighted by molar-refractivity contribution is -0.311. The predicted molar refractivity (Wildman–Crippen MR) is 59.7 cm³/mol. The number of carboxylic acids is 1. The lowest BCUT2D eigenvalue weighted by atomic mass is 10.1. The summed E-state index contributed by atoms with van der Waals surface area (Å²) in [6, 6.07) is 9.50. The summed E-state index contributed by atoms with van der Waals surface area (Å²) in [6.45, 7) is 2.15. The number of nitrogens with zero attached hydrogens (tertiary/aromatic N) is 1. The van der Waals surface area contributed by atoms with E-state index in [1.165, 1.54) is 0 Å². The van der Waals surface area contributed by atoms with Crippen molar-refractivity contribution < 1.29 is 14.7 Å². The molecular weight excluding hydrogens is 218 g/mol. The van der Waals surface area contributed by atoms with Gasteiger partial charge in [0.1, 0.15) is 0 Å². The molecule has 0 bridgehead atoms. The molecule has 4 nitrogen and oxygen atoms in total. The van der Waals surface area contributed by atoms with Crippen LogP contribution in [0.4, 0.5) is 0 Å². The summed E-state index contributed by atoms with van der Waals surface area (Å²) in [6.07, 6.45) is 0.0551. The quantitative estimate of drug-likeness (QED) is 0.755. The van der Waals surface area contributed by atoms with Gasteiger partial charge in [0, 0.05) is 24.9 Å². The van der Waals surface area contributed by atoms with Crippen molar-refractivity contribution in [3.05, 3.63) is 35.9 Å². The Bertz CT molecular complexity index is 430. The predicted octanol–water partition coefficient (Wildman–Crippen LogP) is 0.346. The standard InChI is InChI=1S/C13H15NO3/c1-9(10-5-3-2-4-6-10)14-8-11(13(16)17)7-12(14)15/h2-6,9,11H,7-8H2,1H3,(H,16,17)/p-1. The Morgan fingerprint density at radius 1 is 1.41 bits per heavy atom. The second-order valence-electron chi connectivity index (χ2n) is 4.35. The first kappa shape index (κ1) is 11.6. The molecule has 2 rings (SSSR count). The zero-order chi connectivity index (χ0) is 12.4. The Morgan fingerprint density at radius 2 is 2.06 bits per heavy atom. The number of carbonyl (C=O) groups is 2. The van der Waals surface area contributed by atoms with Gasteiger partial charge in [0.15, 0.2) is 0 Å². The molecule has 90 valence electrons. The summed E-state index contributed by atoms with van der Waals surface area (Å²) >= 11 is 0. The van der Waals surface area contributed by atoms with Gasteiger partial charge in [0.05, 0.1) is 6.04 Å². The largest absolute Gasteiger partial charge is 0.550 e. The minimum atomic E-state index is -1.14. The van der Waals surface area contributed by atoms with Crippen LogP contribution in [0.15, 0.2) is 30.3 Å². The lowest BCUT2D eigenvalue weighted by Crippen LogP contribution is -2.34. The SMILES string of the molecule is CC(c1ccccc1)N1CC(C(=O)[O-])CC1=O. The third kappa shape index (κ3) is 2.30. The normalized spacial score (nSPS) is 21.6. The molecule has 2 atom stereocenters. The van der Waals surface area contributed by atoms with E-state index in [0.29, 0.717) is 0 Å². The Kier molecular flexibility index (Phi) is 3.13. The molecule has 1 heterocycles. The summed E-state index contributed by atoms with van der Waals surface area (Å²) in [4.78, 5) is 24.1. The van der Waals surface area contributed by atoms with E-state index in [2.05, 4.69) is 0 Å². The fourth-order valence-corrected chi connectivity index (χ4v) is 2.18. The van der Waals surface area contributed by atoms with Crippen molar-refractivity contribution in [3.8, 4) is 0 Å². The second kappa shape index (κ2) is 4.57. The Balaban J connectivity index is 2.14. The first-order valence-electron chi connectivity index (χ1n) is 5.65. The summed E-state index contributed by atoms with van der Waals surface area (Å²) in [5.41, 5.74) is 1.01. The van der Waals surface area contributed by atoms with Gasteiger partial charge in [-0.2, -0.15) is 0 Å². The molecule has 1 saturated heterocycles. The molecule has 0 aromatic heterocycles. The number of hydrogen-bond donors (Lipinski definition) is 0. The summed E-state index contributed by atoms with van der Waals surface area (Å²) in [5.74, 6) is -1.93. The van der Waals surface area contributed by atoms with Crippen LogP contribution in [0.25, 0.3) is 0 Å². The number of rotatable bonds is 3. The highest BCUT2D eigenvalue weighted by atomic mass is 16.4. The zero-order valence-electron chi connectivity index (χ0n) is 9.63. The summed E-state index contributed by atoms with van der Waals surface area (Å²) in [7, 11) is 0. The molecular formula is C13H14NO3-. The average molecular weight is 232 g/mol.